The number of sulfonamides is 1. The van der Waals surface area contributed by atoms with Gasteiger partial charge in [0.2, 0.25) is 0 Å². The monoisotopic (exact) mass is 372 g/mol. The summed E-state index contributed by atoms with van der Waals surface area (Å²) in [6, 6.07) is 13.5. The van der Waals surface area contributed by atoms with Gasteiger partial charge in [-0.05, 0) is 55.7 Å². The second-order valence-corrected chi connectivity index (χ2v) is 8.44. The molecule has 0 saturated heterocycles. The average molecular weight is 372 g/mol. The summed E-state index contributed by atoms with van der Waals surface area (Å²) >= 11 is 0. The summed E-state index contributed by atoms with van der Waals surface area (Å²) in [5, 5.41) is 3.04. The minimum atomic E-state index is -3.69. The van der Waals surface area contributed by atoms with Crippen LogP contribution in [0.25, 0.3) is 0 Å². The maximum atomic E-state index is 12.5. The fourth-order valence-electron chi connectivity index (χ4n) is 3.19. The molecule has 1 fully saturated rings. The van der Waals surface area contributed by atoms with Crippen LogP contribution in [0, 0.1) is 6.92 Å². The van der Waals surface area contributed by atoms with E-state index in [0.717, 1.165) is 31.2 Å². The van der Waals surface area contributed by atoms with Crippen molar-refractivity contribution in [2.75, 3.05) is 4.72 Å². The molecule has 3 rings (SSSR count). The van der Waals surface area contributed by atoms with Crippen LogP contribution in [0.5, 0.6) is 0 Å². The molecular formula is C20H24N2O3S. The molecule has 1 aliphatic rings. The summed E-state index contributed by atoms with van der Waals surface area (Å²) in [4.78, 5) is 12.5. The molecule has 2 aromatic rings. The van der Waals surface area contributed by atoms with E-state index in [2.05, 4.69) is 10.0 Å². The Morgan fingerprint density at radius 3 is 2.27 bits per heavy atom. The van der Waals surface area contributed by atoms with Gasteiger partial charge >= 0.3 is 0 Å². The van der Waals surface area contributed by atoms with Crippen LogP contribution in [0.2, 0.25) is 0 Å². The van der Waals surface area contributed by atoms with E-state index in [1.165, 1.54) is 18.6 Å². The number of carbonyl (C=O) groups excluding carboxylic acids is 1. The normalized spacial score (nSPS) is 15.4. The van der Waals surface area contributed by atoms with Crippen LogP contribution in [0.3, 0.4) is 0 Å². The van der Waals surface area contributed by atoms with Crippen LogP contribution in [0.4, 0.5) is 5.69 Å². The lowest BCUT2D eigenvalue weighted by atomic mass is 9.95. The molecule has 0 heterocycles. The molecule has 1 aliphatic carbocycles. The summed E-state index contributed by atoms with van der Waals surface area (Å²) in [6.45, 7) is 1.84. The van der Waals surface area contributed by atoms with Gasteiger partial charge in [0, 0.05) is 11.6 Å². The van der Waals surface area contributed by atoms with Crippen molar-refractivity contribution >= 4 is 21.6 Å². The maximum absolute atomic E-state index is 12.5. The van der Waals surface area contributed by atoms with E-state index in [4.69, 9.17) is 0 Å². The van der Waals surface area contributed by atoms with Crippen molar-refractivity contribution in [1.29, 1.82) is 0 Å². The van der Waals surface area contributed by atoms with Gasteiger partial charge in [-0.3, -0.25) is 9.52 Å². The first kappa shape index (κ1) is 18.5. The van der Waals surface area contributed by atoms with Crippen LogP contribution in [-0.2, 0) is 10.0 Å². The Hall–Kier alpha value is -2.34. The summed E-state index contributed by atoms with van der Waals surface area (Å²) in [6.07, 6.45) is 5.54. The number of carbonyl (C=O) groups is 1. The summed E-state index contributed by atoms with van der Waals surface area (Å²) < 4.78 is 27.7. The van der Waals surface area contributed by atoms with E-state index in [1.54, 1.807) is 24.3 Å². The van der Waals surface area contributed by atoms with Crippen molar-refractivity contribution in [2.24, 2.45) is 0 Å². The Balaban J connectivity index is 1.70. The van der Waals surface area contributed by atoms with Crippen molar-refractivity contribution in [3.63, 3.8) is 0 Å². The number of amides is 1. The van der Waals surface area contributed by atoms with E-state index in [-0.39, 0.29) is 16.8 Å². The lowest BCUT2D eigenvalue weighted by Gasteiger charge is -2.22. The third kappa shape index (κ3) is 4.43. The third-order valence-electron chi connectivity index (χ3n) is 4.76. The van der Waals surface area contributed by atoms with Crippen molar-refractivity contribution in [2.45, 2.75) is 50.0 Å². The molecule has 2 aromatic carbocycles. The smallest absolute Gasteiger partial charge is 0.261 e. The molecular weight excluding hydrogens is 348 g/mol. The second-order valence-electron chi connectivity index (χ2n) is 6.75. The Bertz CT molecular complexity index is 870. The first-order chi connectivity index (χ1) is 12.5. The molecule has 138 valence electrons. The van der Waals surface area contributed by atoms with Crippen LogP contribution in [0.15, 0.2) is 53.4 Å². The summed E-state index contributed by atoms with van der Waals surface area (Å²) in [5.41, 5.74) is 1.87. The zero-order valence-electron chi connectivity index (χ0n) is 14.9. The fourth-order valence-corrected chi connectivity index (χ4v) is 4.32. The quantitative estimate of drug-likeness (QED) is 0.837. The highest BCUT2D eigenvalue weighted by Gasteiger charge is 2.18. The fraction of sp³-hybridized carbons (Fsp3) is 0.350. The van der Waals surface area contributed by atoms with Crippen molar-refractivity contribution in [1.82, 2.24) is 5.32 Å². The topological polar surface area (TPSA) is 75.3 Å². The van der Waals surface area contributed by atoms with Crippen molar-refractivity contribution in [3.8, 4) is 0 Å². The van der Waals surface area contributed by atoms with E-state index < -0.39 is 10.0 Å². The van der Waals surface area contributed by atoms with Crippen LogP contribution in [-0.4, -0.2) is 20.4 Å². The first-order valence-corrected chi connectivity index (χ1v) is 10.4. The van der Waals surface area contributed by atoms with Crippen molar-refractivity contribution in [3.05, 3.63) is 59.7 Å². The molecule has 5 nitrogen and oxygen atoms in total. The number of benzene rings is 2. The number of hydrogen-bond acceptors (Lipinski definition) is 3. The Kier molecular flexibility index (Phi) is 5.61. The molecule has 0 aromatic heterocycles. The third-order valence-corrected chi connectivity index (χ3v) is 6.14. The standard InChI is InChI=1S/C20H24N2O3S/c1-15-7-5-6-10-19(15)22-26(24,25)18-13-11-16(12-14-18)20(23)21-17-8-3-2-4-9-17/h5-7,10-14,17,22H,2-4,8-9H2,1H3,(H,21,23). The van der Waals surface area contributed by atoms with Gasteiger partial charge in [0.25, 0.3) is 15.9 Å². The molecule has 0 radical (unpaired) electrons. The molecule has 0 spiro atoms. The Morgan fingerprint density at radius 2 is 1.62 bits per heavy atom. The van der Waals surface area contributed by atoms with Crippen LogP contribution in [0.1, 0.15) is 48.0 Å². The van der Waals surface area contributed by atoms with E-state index >= 15 is 0 Å². The minimum absolute atomic E-state index is 0.134. The SMILES string of the molecule is Cc1ccccc1NS(=O)(=O)c1ccc(C(=O)NC2CCCCC2)cc1. The largest absolute Gasteiger partial charge is 0.349 e. The highest BCUT2D eigenvalue weighted by atomic mass is 32.2. The van der Waals surface area contributed by atoms with Gasteiger partial charge in [-0.15, -0.1) is 0 Å². The highest BCUT2D eigenvalue weighted by Crippen LogP contribution is 2.20. The van der Waals surface area contributed by atoms with Gasteiger partial charge in [0.05, 0.1) is 10.6 Å². The number of aryl methyl sites for hydroxylation is 1. The molecule has 6 heteroatoms. The predicted molar refractivity (Wildman–Crippen MR) is 103 cm³/mol. The van der Waals surface area contributed by atoms with Crippen molar-refractivity contribution < 1.29 is 13.2 Å². The maximum Gasteiger partial charge on any atom is 0.261 e. The van der Waals surface area contributed by atoms with Gasteiger partial charge in [0.15, 0.2) is 0 Å². The average Bonchev–Trinajstić information content (AvgIpc) is 2.64. The lowest BCUT2D eigenvalue weighted by molar-refractivity contribution is 0.0927. The predicted octanol–water partition coefficient (Wildman–Crippen LogP) is 3.86. The zero-order chi connectivity index (χ0) is 18.6. The highest BCUT2D eigenvalue weighted by molar-refractivity contribution is 7.92. The summed E-state index contributed by atoms with van der Waals surface area (Å²) in [7, 11) is -3.69. The van der Waals surface area contributed by atoms with Gasteiger partial charge in [0.1, 0.15) is 0 Å². The molecule has 1 amide bonds. The van der Waals surface area contributed by atoms with Gasteiger partial charge in [-0.25, -0.2) is 8.42 Å². The molecule has 0 aliphatic heterocycles. The van der Waals surface area contributed by atoms with E-state index in [0.29, 0.717) is 11.3 Å². The number of hydrogen-bond donors (Lipinski definition) is 2. The first-order valence-electron chi connectivity index (χ1n) is 8.95. The van der Waals surface area contributed by atoms with Gasteiger partial charge in [-0.2, -0.15) is 0 Å². The molecule has 0 bridgehead atoms. The van der Waals surface area contributed by atoms with E-state index in [9.17, 15) is 13.2 Å². The number of rotatable bonds is 5. The molecule has 1 saturated carbocycles. The van der Waals surface area contributed by atoms with Crippen LogP contribution < -0.4 is 10.0 Å². The van der Waals surface area contributed by atoms with Gasteiger partial charge in [-0.1, -0.05) is 37.5 Å². The minimum Gasteiger partial charge on any atom is -0.349 e. The number of nitrogens with one attached hydrogen (secondary N) is 2. The molecule has 2 N–H and O–H groups in total. The number of para-hydroxylation sites is 1. The molecule has 26 heavy (non-hydrogen) atoms. The van der Waals surface area contributed by atoms with Crippen LogP contribution >= 0.6 is 0 Å². The van der Waals surface area contributed by atoms with Gasteiger partial charge < -0.3 is 5.32 Å². The lowest BCUT2D eigenvalue weighted by Crippen LogP contribution is -2.36. The molecule has 0 unspecified atom stereocenters. The Labute approximate surface area is 154 Å². The molecule has 0 atom stereocenters. The Morgan fingerprint density at radius 1 is 0.962 bits per heavy atom. The number of anilines is 1. The van der Waals surface area contributed by atoms with E-state index in [1.807, 2.05) is 19.1 Å². The zero-order valence-corrected chi connectivity index (χ0v) is 15.7. The second kappa shape index (κ2) is 7.91. The summed E-state index contributed by atoms with van der Waals surface area (Å²) in [5.74, 6) is -0.146.